The molecule has 0 aromatic heterocycles. The van der Waals surface area contributed by atoms with Gasteiger partial charge in [-0.3, -0.25) is 14.4 Å². The van der Waals surface area contributed by atoms with Crippen molar-refractivity contribution in [3.8, 4) is 0 Å². The number of hydrogen-bond acceptors (Lipinski definition) is 4. The first kappa shape index (κ1) is 28.1. The van der Waals surface area contributed by atoms with E-state index in [-0.39, 0.29) is 31.4 Å². The molecular weight excluding hydrogens is 525 g/mol. The molecule has 2 aliphatic heterocycles. The first-order valence-electron chi connectivity index (χ1n) is 12.7. The molecule has 3 amide bonds. The van der Waals surface area contributed by atoms with Gasteiger partial charge in [0.15, 0.2) is 0 Å². The molecule has 9 heteroatoms. The number of hydrogen-bond donors (Lipinski definition) is 3. The molecule has 0 aliphatic carbocycles. The van der Waals surface area contributed by atoms with Crippen LogP contribution >= 0.6 is 23.2 Å². The number of carbonyl (C=O) groups excluding carboxylic acids is 3. The molecule has 2 heterocycles. The Kier molecular flexibility index (Phi) is 7.94. The van der Waals surface area contributed by atoms with Crippen molar-refractivity contribution in [1.29, 1.82) is 0 Å². The molecule has 1 saturated heterocycles. The van der Waals surface area contributed by atoms with Gasteiger partial charge in [0.05, 0.1) is 18.2 Å². The molecule has 4 rings (SSSR count). The Morgan fingerprint density at radius 2 is 1.92 bits per heavy atom. The number of fused-ring (bicyclic) bond motifs is 2. The van der Waals surface area contributed by atoms with Crippen molar-refractivity contribution < 1.29 is 19.5 Å². The molecule has 3 atom stereocenters. The first-order valence-corrected chi connectivity index (χ1v) is 13.5. The van der Waals surface area contributed by atoms with Gasteiger partial charge in [-0.05, 0) is 62.6 Å². The SMILES string of the molecule is CC=C(CC)C1N(CC(=O)NC(C)(C)CO)C(=O)CC(c2cccc(Cl)c2)C12C(=O)Nc1cc(Cl)ccc12. The predicted molar refractivity (Wildman–Crippen MR) is 149 cm³/mol. The zero-order valence-electron chi connectivity index (χ0n) is 22.0. The summed E-state index contributed by atoms with van der Waals surface area (Å²) < 4.78 is 0. The number of carbonyl (C=O) groups is 3. The van der Waals surface area contributed by atoms with Crippen molar-refractivity contribution in [1.82, 2.24) is 10.2 Å². The van der Waals surface area contributed by atoms with Crippen LogP contribution in [0.4, 0.5) is 5.69 Å². The van der Waals surface area contributed by atoms with Crippen molar-refractivity contribution in [2.45, 2.75) is 63.5 Å². The molecular formula is C29H33Cl2N3O4. The molecule has 2 aliphatic rings. The van der Waals surface area contributed by atoms with E-state index in [2.05, 4.69) is 10.6 Å². The third-order valence-electron chi connectivity index (χ3n) is 7.61. The van der Waals surface area contributed by atoms with E-state index in [9.17, 15) is 19.5 Å². The van der Waals surface area contributed by atoms with Crippen molar-refractivity contribution in [2.24, 2.45) is 0 Å². The van der Waals surface area contributed by atoms with Crippen LogP contribution in [0.3, 0.4) is 0 Å². The Hall–Kier alpha value is -2.87. The van der Waals surface area contributed by atoms with Crippen LogP contribution in [-0.2, 0) is 19.8 Å². The van der Waals surface area contributed by atoms with E-state index in [1.165, 1.54) is 4.90 Å². The number of likely N-dealkylation sites (tertiary alicyclic amines) is 1. The van der Waals surface area contributed by atoms with Gasteiger partial charge in [0.2, 0.25) is 17.7 Å². The second-order valence-corrected chi connectivity index (χ2v) is 11.4. The second kappa shape index (κ2) is 10.7. The number of aliphatic hydroxyl groups excluding tert-OH is 1. The number of piperidine rings is 1. The van der Waals surface area contributed by atoms with Gasteiger partial charge in [-0.1, -0.05) is 60.0 Å². The van der Waals surface area contributed by atoms with E-state index in [0.29, 0.717) is 22.2 Å². The summed E-state index contributed by atoms with van der Waals surface area (Å²) in [7, 11) is 0. The molecule has 0 radical (unpaired) electrons. The summed E-state index contributed by atoms with van der Waals surface area (Å²) in [6.07, 6.45) is 2.49. The van der Waals surface area contributed by atoms with Crippen LogP contribution in [0.5, 0.6) is 0 Å². The zero-order valence-corrected chi connectivity index (χ0v) is 23.5. The Morgan fingerprint density at radius 3 is 2.55 bits per heavy atom. The lowest BCUT2D eigenvalue weighted by molar-refractivity contribution is -0.147. The zero-order chi connectivity index (χ0) is 27.8. The fraction of sp³-hybridized carbons (Fsp3) is 0.414. The van der Waals surface area contributed by atoms with Gasteiger partial charge in [0.1, 0.15) is 12.0 Å². The molecule has 0 bridgehead atoms. The average molecular weight is 559 g/mol. The third kappa shape index (κ3) is 4.83. The quantitative estimate of drug-likeness (QED) is 0.425. The Labute approximate surface area is 233 Å². The summed E-state index contributed by atoms with van der Waals surface area (Å²) in [6.45, 7) is 6.73. The molecule has 0 saturated carbocycles. The molecule has 3 N–H and O–H groups in total. The van der Waals surface area contributed by atoms with Crippen molar-refractivity contribution in [3.63, 3.8) is 0 Å². The van der Waals surface area contributed by atoms with Crippen molar-refractivity contribution in [3.05, 3.63) is 75.3 Å². The van der Waals surface area contributed by atoms with Crippen LogP contribution in [0.2, 0.25) is 10.0 Å². The first-order chi connectivity index (χ1) is 18.0. The Bertz CT molecular complexity index is 1310. The summed E-state index contributed by atoms with van der Waals surface area (Å²) in [5, 5.41) is 16.5. The number of nitrogens with one attached hydrogen (secondary N) is 2. The number of nitrogens with zero attached hydrogens (tertiary/aromatic N) is 1. The maximum absolute atomic E-state index is 14.3. The van der Waals surface area contributed by atoms with Crippen LogP contribution in [0.15, 0.2) is 54.1 Å². The van der Waals surface area contributed by atoms with Gasteiger partial charge in [-0.15, -0.1) is 0 Å². The van der Waals surface area contributed by atoms with E-state index in [4.69, 9.17) is 23.2 Å². The van der Waals surface area contributed by atoms with E-state index < -0.39 is 28.8 Å². The Balaban J connectivity index is 1.96. The third-order valence-corrected chi connectivity index (χ3v) is 8.08. The minimum Gasteiger partial charge on any atom is -0.394 e. The number of aliphatic hydroxyl groups is 1. The van der Waals surface area contributed by atoms with Crippen LogP contribution in [0.1, 0.15) is 57.6 Å². The minimum absolute atomic E-state index is 0.00368. The largest absolute Gasteiger partial charge is 0.394 e. The summed E-state index contributed by atoms with van der Waals surface area (Å²) in [4.78, 5) is 42.8. The fourth-order valence-electron chi connectivity index (χ4n) is 5.92. The highest BCUT2D eigenvalue weighted by atomic mass is 35.5. The maximum atomic E-state index is 14.3. The second-order valence-electron chi connectivity index (χ2n) is 10.6. The number of benzene rings is 2. The smallest absolute Gasteiger partial charge is 0.240 e. The van der Waals surface area contributed by atoms with Crippen molar-refractivity contribution >= 4 is 46.6 Å². The lowest BCUT2D eigenvalue weighted by Crippen LogP contribution is -2.65. The fourth-order valence-corrected chi connectivity index (χ4v) is 6.29. The van der Waals surface area contributed by atoms with Crippen LogP contribution in [0, 0.1) is 0 Å². The summed E-state index contributed by atoms with van der Waals surface area (Å²) in [6, 6.07) is 11.8. The van der Waals surface area contributed by atoms with Crippen LogP contribution < -0.4 is 10.6 Å². The summed E-state index contributed by atoms with van der Waals surface area (Å²) >= 11 is 12.7. The minimum atomic E-state index is -1.23. The standard InChI is InChI=1S/C29H33Cl2N3O4/c1-5-17(6-2)26-29(21-11-10-20(31)13-23(21)32-27(29)38)22(18-8-7-9-19(30)12-18)14-25(37)34(26)15-24(36)33-28(3,4)16-35/h5,7-13,22,26,35H,6,14-16H2,1-4H3,(H,32,38)(H,33,36). The highest BCUT2D eigenvalue weighted by Gasteiger charge is 2.63. The number of amides is 3. The predicted octanol–water partition coefficient (Wildman–Crippen LogP) is 4.81. The highest BCUT2D eigenvalue weighted by Crippen LogP contribution is 2.57. The van der Waals surface area contributed by atoms with E-state index in [1.54, 1.807) is 38.1 Å². The number of allylic oxidation sites excluding steroid dienone is 1. The lowest BCUT2D eigenvalue weighted by Gasteiger charge is -2.52. The monoisotopic (exact) mass is 557 g/mol. The highest BCUT2D eigenvalue weighted by molar-refractivity contribution is 6.31. The van der Waals surface area contributed by atoms with Gasteiger partial charge >= 0.3 is 0 Å². The van der Waals surface area contributed by atoms with Crippen molar-refractivity contribution in [2.75, 3.05) is 18.5 Å². The molecule has 2 aromatic carbocycles. The number of anilines is 1. The van der Waals surface area contributed by atoms with Crippen LogP contribution in [-0.4, -0.2) is 52.5 Å². The van der Waals surface area contributed by atoms with Gasteiger partial charge in [0.25, 0.3) is 0 Å². The topological polar surface area (TPSA) is 98.7 Å². The van der Waals surface area contributed by atoms with Gasteiger partial charge in [0, 0.05) is 28.1 Å². The number of halogens is 2. The van der Waals surface area contributed by atoms with E-state index >= 15 is 0 Å². The molecule has 38 heavy (non-hydrogen) atoms. The van der Waals surface area contributed by atoms with Gasteiger partial charge in [-0.25, -0.2) is 0 Å². The van der Waals surface area contributed by atoms with E-state index in [0.717, 1.165) is 16.7 Å². The maximum Gasteiger partial charge on any atom is 0.240 e. The summed E-state index contributed by atoms with van der Waals surface area (Å²) in [5.74, 6) is -1.47. The molecule has 7 nitrogen and oxygen atoms in total. The van der Waals surface area contributed by atoms with Gasteiger partial charge in [-0.2, -0.15) is 0 Å². The lowest BCUT2D eigenvalue weighted by atomic mass is 9.58. The Morgan fingerprint density at radius 1 is 1.21 bits per heavy atom. The molecule has 1 fully saturated rings. The summed E-state index contributed by atoms with van der Waals surface area (Å²) in [5.41, 5.74) is 0.843. The van der Waals surface area contributed by atoms with Crippen LogP contribution in [0.25, 0.3) is 0 Å². The normalized spacial score (nSPS) is 23.4. The average Bonchev–Trinajstić information content (AvgIpc) is 3.14. The molecule has 1 spiro atoms. The molecule has 202 valence electrons. The molecule has 3 unspecified atom stereocenters. The van der Waals surface area contributed by atoms with Gasteiger partial charge < -0.3 is 20.6 Å². The molecule has 2 aromatic rings. The number of rotatable bonds is 7. The van der Waals surface area contributed by atoms with E-state index in [1.807, 2.05) is 38.1 Å².